The van der Waals surface area contributed by atoms with Crippen LogP contribution in [0.2, 0.25) is 0 Å². The Bertz CT molecular complexity index is 981. The number of carbonyl (C=O) groups is 1. The minimum Gasteiger partial charge on any atom is -0.497 e. The van der Waals surface area contributed by atoms with Crippen LogP contribution in [0, 0.1) is 0 Å². The SMILES string of the molecule is COc1ccc(C(=O)N2CCN(c3noc(-c4ccccc4)n3)CC2)c(OC)c1. The van der Waals surface area contributed by atoms with E-state index in [1.807, 2.05) is 35.2 Å². The zero-order chi connectivity index (χ0) is 20.2. The Morgan fingerprint density at radius 3 is 2.45 bits per heavy atom. The number of aromatic nitrogens is 2. The molecule has 3 aromatic rings. The van der Waals surface area contributed by atoms with Gasteiger partial charge in [0.1, 0.15) is 11.5 Å². The van der Waals surface area contributed by atoms with Gasteiger partial charge in [-0.1, -0.05) is 18.2 Å². The van der Waals surface area contributed by atoms with E-state index in [1.54, 1.807) is 37.3 Å². The van der Waals surface area contributed by atoms with Crippen molar-refractivity contribution in [3.05, 3.63) is 54.1 Å². The predicted molar refractivity (Wildman–Crippen MR) is 107 cm³/mol. The van der Waals surface area contributed by atoms with Gasteiger partial charge in [0.25, 0.3) is 17.7 Å². The Kier molecular flexibility index (Phi) is 5.33. The normalized spacial score (nSPS) is 14.0. The Labute approximate surface area is 168 Å². The van der Waals surface area contributed by atoms with Crippen LogP contribution in [-0.2, 0) is 0 Å². The number of carbonyl (C=O) groups excluding carboxylic acids is 1. The summed E-state index contributed by atoms with van der Waals surface area (Å²) in [6, 6.07) is 14.9. The first-order valence-electron chi connectivity index (χ1n) is 9.35. The van der Waals surface area contributed by atoms with E-state index in [-0.39, 0.29) is 5.91 Å². The average Bonchev–Trinajstić information content (AvgIpc) is 3.29. The fraction of sp³-hybridized carbons (Fsp3) is 0.286. The predicted octanol–water partition coefficient (Wildman–Crippen LogP) is 2.72. The minimum atomic E-state index is -0.0674. The number of rotatable bonds is 5. The maximum absolute atomic E-state index is 12.9. The fourth-order valence-electron chi connectivity index (χ4n) is 3.30. The van der Waals surface area contributed by atoms with Crippen molar-refractivity contribution in [3.8, 4) is 23.0 Å². The smallest absolute Gasteiger partial charge is 0.266 e. The van der Waals surface area contributed by atoms with Gasteiger partial charge in [0, 0.05) is 37.8 Å². The van der Waals surface area contributed by atoms with Gasteiger partial charge in [-0.05, 0) is 29.4 Å². The third-order valence-electron chi connectivity index (χ3n) is 4.92. The van der Waals surface area contributed by atoms with E-state index in [0.29, 0.717) is 55.1 Å². The molecule has 8 nitrogen and oxygen atoms in total. The second-order valence-corrected chi connectivity index (χ2v) is 6.61. The Balaban J connectivity index is 1.42. The Hall–Kier alpha value is -3.55. The largest absolute Gasteiger partial charge is 0.497 e. The number of methoxy groups -OCH3 is 2. The van der Waals surface area contributed by atoms with Gasteiger partial charge in [-0.2, -0.15) is 4.98 Å². The molecule has 2 aromatic carbocycles. The summed E-state index contributed by atoms with van der Waals surface area (Å²) >= 11 is 0. The average molecular weight is 394 g/mol. The summed E-state index contributed by atoms with van der Waals surface area (Å²) in [4.78, 5) is 21.3. The number of nitrogens with zero attached hydrogens (tertiary/aromatic N) is 4. The van der Waals surface area contributed by atoms with Crippen molar-refractivity contribution in [1.29, 1.82) is 0 Å². The highest BCUT2D eigenvalue weighted by Gasteiger charge is 2.26. The second kappa shape index (κ2) is 8.22. The van der Waals surface area contributed by atoms with E-state index in [9.17, 15) is 4.79 Å². The summed E-state index contributed by atoms with van der Waals surface area (Å²) in [5.74, 6) is 2.11. The van der Waals surface area contributed by atoms with E-state index in [1.165, 1.54) is 0 Å². The van der Waals surface area contributed by atoms with Gasteiger partial charge in [-0.25, -0.2) is 0 Å². The number of benzene rings is 2. The van der Waals surface area contributed by atoms with Crippen molar-refractivity contribution in [3.63, 3.8) is 0 Å². The Morgan fingerprint density at radius 1 is 1.00 bits per heavy atom. The molecule has 0 bridgehead atoms. The van der Waals surface area contributed by atoms with Gasteiger partial charge in [0.05, 0.1) is 19.8 Å². The number of hydrogen-bond donors (Lipinski definition) is 0. The van der Waals surface area contributed by atoms with Crippen molar-refractivity contribution in [2.75, 3.05) is 45.3 Å². The van der Waals surface area contributed by atoms with Crippen LogP contribution in [0.4, 0.5) is 5.95 Å². The summed E-state index contributed by atoms with van der Waals surface area (Å²) in [7, 11) is 3.13. The third kappa shape index (κ3) is 3.87. The maximum Gasteiger partial charge on any atom is 0.266 e. The molecule has 1 aromatic heterocycles. The standard InChI is InChI=1S/C21H22N4O4/c1-27-16-8-9-17(18(14-16)28-2)20(26)24-10-12-25(13-11-24)21-22-19(29-23-21)15-6-4-3-5-7-15/h3-9,14H,10-13H2,1-2H3. The molecule has 1 fully saturated rings. The highest BCUT2D eigenvalue weighted by molar-refractivity contribution is 5.97. The van der Waals surface area contributed by atoms with E-state index in [4.69, 9.17) is 14.0 Å². The first-order valence-corrected chi connectivity index (χ1v) is 9.35. The molecule has 1 saturated heterocycles. The molecule has 1 aliphatic heterocycles. The van der Waals surface area contributed by atoms with Gasteiger partial charge in [-0.15, -0.1) is 0 Å². The van der Waals surface area contributed by atoms with Gasteiger partial charge < -0.3 is 23.8 Å². The summed E-state index contributed by atoms with van der Waals surface area (Å²) < 4.78 is 16.0. The topological polar surface area (TPSA) is 80.9 Å². The summed E-state index contributed by atoms with van der Waals surface area (Å²) in [6.07, 6.45) is 0. The van der Waals surface area contributed by atoms with E-state index >= 15 is 0 Å². The lowest BCUT2D eigenvalue weighted by atomic mass is 10.1. The molecule has 2 heterocycles. The molecule has 4 rings (SSSR count). The zero-order valence-electron chi connectivity index (χ0n) is 16.4. The zero-order valence-corrected chi connectivity index (χ0v) is 16.4. The number of hydrogen-bond acceptors (Lipinski definition) is 7. The molecule has 0 radical (unpaired) electrons. The van der Waals surface area contributed by atoms with E-state index in [0.717, 1.165) is 5.56 Å². The molecule has 0 unspecified atom stereocenters. The molecular formula is C21H22N4O4. The highest BCUT2D eigenvalue weighted by Crippen LogP contribution is 2.26. The van der Waals surface area contributed by atoms with Crippen LogP contribution >= 0.6 is 0 Å². The van der Waals surface area contributed by atoms with Crippen molar-refractivity contribution < 1.29 is 18.8 Å². The molecule has 0 atom stereocenters. The molecular weight excluding hydrogens is 372 g/mol. The van der Waals surface area contributed by atoms with Crippen LogP contribution in [0.3, 0.4) is 0 Å². The van der Waals surface area contributed by atoms with Crippen molar-refractivity contribution in [1.82, 2.24) is 15.0 Å². The monoisotopic (exact) mass is 394 g/mol. The first-order chi connectivity index (χ1) is 14.2. The number of amides is 1. The lowest BCUT2D eigenvalue weighted by Crippen LogP contribution is -2.49. The van der Waals surface area contributed by atoms with Gasteiger partial charge in [-0.3, -0.25) is 4.79 Å². The Morgan fingerprint density at radius 2 is 1.76 bits per heavy atom. The van der Waals surface area contributed by atoms with Gasteiger partial charge in [0.15, 0.2) is 0 Å². The van der Waals surface area contributed by atoms with Crippen LogP contribution < -0.4 is 14.4 Å². The summed E-state index contributed by atoms with van der Waals surface area (Å²) in [5.41, 5.74) is 1.40. The number of anilines is 1. The third-order valence-corrected chi connectivity index (χ3v) is 4.92. The molecule has 0 aliphatic carbocycles. The maximum atomic E-state index is 12.9. The summed E-state index contributed by atoms with van der Waals surface area (Å²) in [5, 5.41) is 4.09. The second-order valence-electron chi connectivity index (χ2n) is 6.61. The van der Waals surface area contributed by atoms with Crippen LogP contribution in [-0.4, -0.2) is 61.3 Å². The summed E-state index contributed by atoms with van der Waals surface area (Å²) in [6.45, 7) is 2.36. The molecule has 0 N–H and O–H groups in total. The molecule has 1 amide bonds. The molecule has 0 saturated carbocycles. The van der Waals surface area contributed by atoms with Crippen LogP contribution in [0.1, 0.15) is 10.4 Å². The van der Waals surface area contributed by atoms with Crippen LogP contribution in [0.15, 0.2) is 53.1 Å². The minimum absolute atomic E-state index is 0.0674. The van der Waals surface area contributed by atoms with Crippen molar-refractivity contribution in [2.45, 2.75) is 0 Å². The lowest BCUT2D eigenvalue weighted by Gasteiger charge is -2.34. The highest BCUT2D eigenvalue weighted by atomic mass is 16.5. The van der Waals surface area contributed by atoms with Crippen LogP contribution in [0.25, 0.3) is 11.5 Å². The molecule has 8 heteroatoms. The molecule has 0 spiro atoms. The lowest BCUT2D eigenvalue weighted by molar-refractivity contribution is 0.0742. The van der Waals surface area contributed by atoms with Gasteiger partial charge >= 0.3 is 0 Å². The quantitative estimate of drug-likeness (QED) is 0.658. The number of piperazine rings is 1. The number of ether oxygens (including phenoxy) is 2. The molecule has 150 valence electrons. The van der Waals surface area contributed by atoms with Crippen LogP contribution in [0.5, 0.6) is 11.5 Å². The van der Waals surface area contributed by atoms with Gasteiger partial charge in [0.2, 0.25) is 0 Å². The fourth-order valence-corrected chi connectivity index (χ4v) is 3.30. The molecule has 29 heavy (non-hydrogen) atoms. The molecule has 1 aliphatic rings. The first kappa shape index (κ1) is 18.8. The van der Waals surface area contributed by atoms with Crippen molar-refractivity contribution >= 4 is 11.9 Å². The van der Waals surface area contributed by atoms with Crippen molar-refractivity contribution in [2.24, 2.45) is 0 Å². The van der Waals surface area contributed by atoms with E-state index in [2.05, 4.69) is 10.1 Å². The van der Waals surface area contributed by atoms with E-state index < -0.39 is 0 Å².